The number of likely N-dealkylation sites (tertiary alicyclic amines) is 1. The molecule has 1 saturated heterocycles. The van der Waals surface area contributed by atoms with Crippen molar-refractivity contribution in [2.75, 3.05) is 27.0 Å². The lowest BCUT2D eigenvalue weighted by Gasteiger charge is -2.27. The highest BCUT2D eigenvalue weighted by Crippen LogP contribution is 2.25. The predicted molar refractivity (Wildman–Crippen MR) is 77.1 cm³/mol. The third-order valence-corrected chi connectivity index (χ3v) is 4.48. The fraction of sp³-hybridized carbons (Fsp3) is 0.933. The van der Waals surface area contributed by atoms with Gasteiger partial charge >= 0.3 is 0 Å². The molecule has 0 aromatic carbocycles. The first-order valence-corrected chi connectivity index (χ1v) is 7.89. The van der Waals surface area contributed by atoms with Crippen LogP contribution < -0.4 is 5.32 Å². The van der Waals surface area contributed by atoms with Crippen LogP contribution in [0.4, 0.5) is 0 Å². The first-order valence-electron chi connectivity index (χ1n) is 7.89. The van der Waals surface area contributed by atoms with Crippen LogP contribution in [0, 0.1) is 5.92 Å². The van der Waals surface area contributed by atoms with Crippen molar-refractivity contribution in [1.82, 2.24) is 10.2 Å². The van der Waals surface area contributed by atoms with Crippen LogP contribution in [-0.4, -0.2) is 50.1 Å². The summed E-state index contributed by atoms with van der Waals surface area (Å²) in [6, 6.07) is 0. The maximum Gasteiger partial charge on any atom is 0.224 e. The van der Waals surface area contributed by atoms with E-state index < -0.39 is 0 Å². The average Bonchev–Trinajstić information content (AvgIpc) is 2.88. The van der Waals surface area contributed by atoms with Crippen molar-refractivity contribution in [3.8, 4) is 0 Å². The summed E-state index contributed by atoms with van der Waals surface area (Å²) in [6.07, 6.45) is 6.90. The van der Waals surface area contributed by atoms with Crippen molar-refractivity contribution in [3.05, 3.63) is 0 Å². The Balaban J connectivity index is 1.82. The molecule has 1 heterocycles. The van der Waals surface area contributed by atoms with Gasteiger partial charge in [-0.15, -0.1) is 0 Å². The van der Waals surface area contributed by atoms with Crippen LogP contribution >= 0.6 is 0 Å². The lowest BCUT2D eigenvalue weighted by atomic mass is 9.88. The second-order valence-electron chi connectivity index (χ2n) is 5.88. The van der Waals surface area contributed by atoms with E-state index in [4.69, 9.17) is 9.47 Å². The van der Waals surface area contributed by atoms with E-state index in [0.717, 1.165) is 32.4 Å². The summed E-state index contributed by atoms with van der Waals surface area (Å²) in [7, 11) is 1.63. The first-order chi connectivity index (χ1) is 9.74. The highest BCUT2D eigenvalue weighted by atomic mass is 16.7. The number of hydrogen-bond donors (Lipinski definition) is 1. The summed E-state index contributed by atoms with van der Waals surface area (Å²) >= 11 is 0. The number of ether oxygens (including phenoxy) is 2. The van der Waals surface area contributed by atoms with Crippen LogP contribution in [0.3, 0.4) is 0 Å². The lowest BCUT2D eigenvalue weighted by molar-refractivity contribution is -0.127. The number of hydrogen-bond acceptors (Lipinski definition) is 4. The van der Waals surface area contributed by atoms with Crippen LogP contribution in [0.25, 0.3) is 0 Å². The number of amides is 1. The Labute approximate surface area is 122 Å². The molecule has 0 spiro atoms. The fourth-order valence-electron chi connectivity index (χ4n) is 3.29. The van der Waals surface area contributed by atoms with E-state index in [2.05, 4.69) is 17.1 Å². The molecule has 116 valence electrons. The van der Waals surface area contributed by atoms with Gasteiger partial charge in [-0.05, 0) is 19.4 Å². The molecule has 5 heteroatoms. The van der Waals surface area contributed by atoms with Gasteiger partial charge in [0.25, 0.3) is 0 Å². The van der Waals surface area contributed by atoms with Crippen LogP contribution in [0.1, 0.15) is 45.4 Å². The topological polar surface area (TPSA) is 50.8 Å². The maximum absolute atomic E-state index is 12.3. The second-order valence-corrected chi connectivity index (χ2v) is 5.88. The van der Waals surface area contributed by atoms with Gasteiger partial charge in [-0.2, -0.15) is 0 Å². The monoisotopic (exact) mass is 284 g/mol. The molecule has 0 radical (unpaired) electrons. The molecule has 5 nitrogen and oxygen atoms in total. The van der Waals surface area contributed by atoms with Crippen molar-refractivity contribution in [3.63, 3.8) is 0 Å². The van der Waals surface area contributed by atoms with Crippen LogP contribution in [0.2, 0.25) is 0 Å². The Morgan fingerprint density at radius 1 is 1.30 bits per heavy atom. The Kier molecular flexibility index (Phi) is 6.26. The molecule has 0 aromatic heterocycles. The minimum absolute atomic E-state index is 0.122. The molecule has 0 bridgehead atoms. The van der Waals surface area contributed by atoms with Gasteiger partial charge in [0.15, 0.2) is 0 Å². The van der Waals surface area contributed by atoms with Gasteiger partial charge in [-0.1, -0.05) is 26.2 Å². The second kappa shape index (κ2) is 7.96. The van der Waals surface area contributed by atoms with Crippen molar-refractivity contribution < 1.29 is 14.3 Å². The summed E-state index contributed by atoms with van der Waals surface area (Å²) in [4.78, 5) is 14.6. The van der Waals surface area contributed by atoms with E-state index in [-0.39, 0.29) is 24.1 Å². The highest BCUT2D eigenvalue weighted by molar-refractivity contribution is 5.79. The van der Waals surface area contributed by atoms with Crippen molar-refractivity contribution in [2.45, 2.75) is 57.7 Å². The van der Waals surface area contributed by atoms with E-state index in [1.165, 1.54) is 19.3 Å². The number of nitrogens with zero attached hydrogens (tertiary/aromatic N) is 1. The molecule has 1 aliphatic heterocycles. The van der Waals surface area contributed by atoms with Crippen molar-refractivity contribution >= 4 is 5.91 Å². The molecule has 2 rings (SSSR count). The van der Waals surface area contributed by atoms with E-state index >= 15 is 0 Å². The summed E-state index contributed by atoms with van der Waals surface area (Å²) in [5.41, 5.74) is 0. The molecule has 1 aliphatic carbocycles. The van der Waals surface area contributed by atoms with Crippen LogP contribution in [0.15, 0.2) is 0 Å². The smallest absolute Gasteiger partial charge is 0.224 e. The van der Waals surface area contributed by atoms with Gasteiger partial charge in [-0.3, -0.25) is 9.69 Å². The quantitative estimate of drug-likeness (QED) is 0.755. The third kappa shape index (κ3) is 4.17. The number of rotatable bonds is 6. The largest absolute Gasteiger partial charge is 0.359 e. The van der Waals surface area contributed by atoms with Gasteiger partial charge in [0.2, 0.25) is 5.91 Å². The molecule has 2 atom stereocenters. The van der Waals surface area contributed by atoms with E-state index in [1.54, 1.807) is 7.11 Å². The minimum Gasteiger partial charge on any atom is -0.359 e. The van der Waals surface area contributed by atoms with Gasteiger partial charge in [-0.25, -0.2) is 0 Å². The standard InChI is InChI=1S/C15H28N2O3/c1-3-17-10-13(20-11-19-2)9-14(17)16-15(18)12-7-5-4-6-8-12/h12-14H,3-11H2,1-2H3,(H,16,18)/t13-,14+/m1/s1. The van der Waals surface area contributed by atoms with Crippen LogP contribution in [0.5, 0.6) is 0 Å². The Morgan fingerprint density at radius 2 is 2.05 bits per heavy atom. The zero-order valence-corrected chi connectivity index (χ0v) is 12.8. The van der Waals surface area contributed by atoms with Gasteiger partial charge in [0.05, 0.1) is 12.3 Å². The molecule has 1 saturated carbocycles. The summed E-state index contributed by atoms with van der Waals surface area (Å²) in [5, 5.41) is 3.22. The molecule has 2 fully saturated rings. The number of carbonyl (C=O) groups excluding carboxylic acids is 1. The fourth-order valence-corrected chi connectivity index (χ4v) is 3.29. The molecule has 1 N–H and O–H groups in total. The molecular formula is C15H28N2O3. The highest BCUT2D eigenvalue weighted by Gasteiger charge is 2.34. The molecule has 1 amide bonds. The number of likely N-dealkylation sites (N-methyl/N-ethyl adjacent to an activating group) is 1. The normalized spacial score (nSPS) is 28.7. The molecule has 20 heavy (non-hydrogen) atoms. The zero-order chi connectivity index (χ0) is 14.4. The predicted octanol–water partition coefficient (Wildman–Crippen LogP) is 1.72. The molecule has 0 unspecified atom stereocenters. The number of carbonyl (C=O) groups is 1. The summed E-state index contributed by atoms with van der Waals surface area (Å²) in [5.74, 6) is 0.460. The molecule has 2 aliphatic rings. The Hall–Kier alpha value is -0.650. The number of methoxy groups -OCH3 is 1. The lowest BCUT2D eigenvalue weighted by Crippen LogP contribution is -2.46. The summed E-state index contributed by atoms with van der Waals surface area (Å²) in [6.45, 7) is 4.25. The van der Waals surface area contributed by atoms with Crippen molar-refractivity contribution in [2.24, 2.45) is 5.92 Å². The van der Waals surface area contributed by atoms with Crippen molar-refractivity contribution in [1.29, 1.82) is 0 Å². The van der Waals surface area contributed by atoms with Crippen LogP contribution in [-0.2, 0) is 14.3 Å². The average molecular weight is 284 g/mol. The van der Waals surface area contributed by atoms with E-state index in [0.29, 0.717) is 6.79 Å². The third-order valence-electron chi connectivity index (χ3n) is 4.48. The Morgan fingerprint density at radius 3 is 2.70 bits per heavy atom. The maximum atomic E-state index is 12.3. The molecule has 0 aromatic rings. The van der Waals surface area contributed by atoms with Gasteiger partial charge in [0.1, 0.15) is 6.79 Å². The Bertz CT molecular complexity index is 305. The van der Waals surface area contributed by atoms with Gasteiger partial charge in [0, 0.05) is 26.0 Å². The minimum atomic E-state index is 0.122. The van der Waals surface area contributed by atoms with E-state index in [1.807, 2.05) is 0 Å². The van der Waals surface area contributed by atoms with E-state index in [9.17, 15) is 4.79 Å². The summed E-state index contributed by atoms with van der Waals surface area (Å²) < 4.78 is 10.6. The zero-order valence-electron chi connectivity index (χ0n) is 12.8. The first kappa shape index (κ1) is 15.7. The SMILES string of the molecule is CCN1C[C@H](OCOC)C[C@H]1NC(=O)C1CCCCC1. The number of nitrogens with one attached hydrogen (secondary N) is 1. The molecular weight excluding hydrogens is 256 g/mol. The van der Waals surface area contributed by atoms with Gasteiger partial charge < -0.3 is 14.8 Å².